The number of hydrogen-bond donors (Lipinski definition) is 1. The van der Waals surface area contributed by atoms with Crippen LogP contribution in [0.5, 0.6) is 0 Å². The molecule has 0 amide bonds. The third kappa shape index (κ3) is 3.37. The van der Waals surface area contributed by atoms with E-state index in [0.717, 1.165) is 0 Å². The summed E-state index contributed by atoms with van der Waals surface area (Å²) >= 11 is 0. The molecule has 27 heavy (non-hydrogen) atoms. The van der Waals surface area contributed by atoms with E-state index in [0.29, 0.717) is 24.0 Å². The van der Waals surface area contributed by atoms with Crippen molar-refractivity contribution in [2.75, 3.05) is 0 Å². The maximum Gasteiger partial charge on any atom is 0.511 e. The topological polar surface area (TPSA) is 70.0 Å². The predicted molar refractivity (Wildman–Crippen MR) is 97.1 cm³/mol. The fourth-order valence-corrected chi connectivity index (χ4v) is 4.89. The van der Waals surface area contributed by atoms with Crippen molar-refractivity contribution < 1.29 is 21.6 Å². The van der Waals surface area contributed by atoms with Gasteiger partial charge in [0.25, 0.3) is 0 Å². The Balaban J connectivity index is 2.25. The van der Waals surface area contributed by atoms with Crippen LogP contribution < -0.4 is 4.72 Å². The number of halogens is 3. The van der Waals surface area contributed by atoms with E-state index in [1.807, 2.05) is 4.72 Å². The first kappa shape index (κ1) is 19.9. The summed E-state index contributed by atoms with van der Waals surface area (Å²) < 4.78 is 65.8. The fraction of sp³-hybridized carbons (Fsp3) is 0.368. The molecular formula is C19H20F3N2O2S-. The number of sulfonamides is 1. The minimum absolute atomic E-state index is 0.102. The lowest BCUT2D eigenvalue weighted by Gasteiger charge is -2.59. The molecule has 4 nitrogen and oxygen atoms in total. The lowest BCUT2D eigenvalue weighted by molar-refractivity contribution is -0.0467. The maximum absolute atomic E-state index is 13.2. The molecule has 1 fully saturated rings. The smallest absolute Gasteiger partial charge is 0.511 e. The number of rotatable bonds is 4. The third-order valence-corrected chi connectivity index (χ3v) is 6.46. The molecule has 3 rings (SSSR count). The molecule has 0 spiro atoms. The Kier molecular flexibility index (Phi) is 5.09. The quantitative estimate of drug-likeness (QED) is 0.802. The van der Waals surface area contributed by atoms with E-state index in [2.05, 4.69) is 0 Å². The normalized spacial score (nSPS) is 26.7. The van der Waals surface area contributed by atoms with E-state index in [4.69, 9.17) is 0 Å². The number of hydrogen-bond acceptors (Lipinski definition) is 2. The average molecular weight is 397 g/mol. The zero-order valence-electron chi connectivity index (χ0n) is 14.5. The number of alkyl halides is 3. The van der Waals surface area contributed by atoms with Crippen LogP contribution in [0.15, 0.2) is 60.7 Å². The van der Waals surface area contributed by atoms with Gasteiger partial charge in [0.2, 0.25) is 0 Å². The van der Waals surface area contributed by atoms with Crippen LogP contribution in [0.2, 0.25) is 0 Å². The summed E-state index contributed by atoms with van der Waals surface area (Å²) in [5.74, 6) is 0. The molecule has 1 aliphatic carbocycles. The average Bonchev–Trinajstić information content (AvgIpc) is 2.64. The van der Waals surface area contributed by atoms with Crippen LogP contribution >= 0.6 is 0 Å². The van der Waals surface area contributed by atoms with Crippen molar-refractivity contribution in [1.82, 2.24) is 4.72 Å². The minimum atomic E-state index is -5.65. The van der Waals surface area contributed by atoms with Gasteiger partial charge in [0.1, 0.15) is 0 Å². The molecule has 2 aromatic rings. The molecule has 8 heteroatoms. The van der Waals surface area contributed by atoms with Crippen molar-refractivity contribution in [1.29, 1.82) is 0 Å². The van der Waals surface area contributed by atoms with Crippen LogP contribution in [0.4, 0.5) is 13.2 Å². The highest BCUT2D eigenvalue weighted by molar-refractivity contribution is 7.90. The van der Waals surface area contributed by atoms with Crippen LogP contribution in [-0.4, -0.2) is 13.9 Å². The molecule has 0 saturated heterocycles. The molecule has 2 N–H and O–H groups in total. The number of nitrogens with one attached hydrogen (secondary N) is 2. The Hall–Kier alpha value is -1.90. The Morgan fingerprint density at radius 1 is 0.852 bits per heavy atom. The highest BCUT2D eigenvalue weighted by Crippen LogP contribution is 2.53. The molecule has 1 saturated carbocycles. The summed E-state index contributed by atoms with van der Waals surface area (Å²) in [4.78, 5) is 0. The third-order valence-electron chi connectivity index (χ3n) is 5.23. The molecule has 0 aliphatic heterocycles. The van der Waals surface area contributed by atoms with Crippen molar-refractivity contribution in [3.8, 4) is 0 Å². The lowest BCUT2D eigenvalue weighted by Crippen LogP contribution is -2.61. The second-order valence-corrected chi connectivity index (χ2v) is 8.47. The van der Waals surface area contributed by atoms with Crippen molar-refractivity contribution in [2.24, 2.45) is 0 Å². The number of benzene rings is 2. The van der Waals surface area contributed by atoms with Gasteiger partial charge >= 0.3 is 15.5 Å². The maximum atomic E-state index is 13.2. The van der Waals surface area contributed by atoms with Gasteiger partial charge in [-0.1, -0.05) is 91.0 Å². The predicted octanol–water partition coefficient (Wildman–Crippen LogP) is 4.84. The molecule has 0 unspecified atom stereocenters. The molecule has 0 bridgehead atoms. The van der Waals surface area contributed by atoms with Crippen molar-refractivity contribution in [3.05, 3.63) is 77.5 Å². The van der Waals surface area contributed by atoms with E-state index >= 15 is 0 Å². The molecule has 0 heterocycles. The second kappa shape index (κ2) is 6.92. The Morgan fingerprint density at radius 3 is 1.85 bits per heavy atom. The van der Waals surface area contributed by atoms with Crippen LogP contribution in [0.1, 0.15) is 36.8 Å². The first-order chi connectivity index (χ1) is 12.6. The van der Waals surface area contributed by atoms with Gasteiger partial charge in [-0.25, -0.2) is 8.42 Å². The van der Waals surface area contributed by atoms with E-state index in [1.54, 1.807) is 60.7 Å². The van der Waals surface area contributed by atoms with Gasteiger partial charge in [-0.15, -0.1) is 0 Å². The summed E-state index contributed by atoms with van der Waals surface area (Å²) in [6.45, 7) is 0. The van der Waals surface area contributed by atoms with E-state index < -0.39 is 26.6 Å². The summed E-state index contributed by atoms with van der Waals surface area (Å²) in [5, 5.41) is 0. The lowest BCUT2D eigenvalue weighted by atomic mass is 9.62. The van der Waals surface area contributed by atoms with Gasteiger partial charge in [0.05, 0.1) is 0 Å². The zero-order chi connectivity index (χ0) is 19.8. The summed E-state index contributed by atoms with van der Waals surface area (Å²) in [6, 6.07) is 16.6. The van der Waals surface area contributed by atoms with E-state index in [9.17, 15) is 27.3 Å². The Labute approximate surface area is 156 Å². The molecule has 1 aliphatic rings. The molecule has 146 valence electrons. The molecule has 0 aromatic heterocycles. The zero-order valence-corrected chi connectivity index (χ0v) is 15.3. The second-order valence-electron chi connectivity index (χ2n) is 6.80. The monoisotopic (exact) mass is 397 g/mol. The molecule has 2 atom stereocenters. The van der Waals surface area contributed by atoms with Crippen molar-refractivity contribution in [2.45, 2.75) is 42.3 Å². The van der Waals surface area contributed by atoms with Crippen LogP contribution in [0, 0.1) is 0 Å². The fourth-order valence-electron chi connectivity index (χ4n) is 3.92. The van der Waals surface area contributed by atoms with Crippen LogP contribution in [0.3, 0.4) is 0 Å². The van der Waals surface area contributed by atoms with Crippen LogP contribution in [-0.2, 0) is 21.1 Å². The first-order valence-electron chi connectivity index (χ1n) is 8.59. The highest BCUT2D eigenvalue weighted by Gasteiger charge is 2.55. The van der Waals surface area contributed by atoms with Crippen molar-refractivity contribution in [3.63, 3.8) is 0 Å². The van der Waals surface area contributed by atoms with Crippen LogP contribution in [0.25, 0.3) is 5.73 Å². The minimum Gasteiger partial charge on any atom is -0.666 e. The molecule has 2 aromatic carbocycles. The SMILES string of the molecule is [NH-][C@@]1(c2ccccc2)CCCC[C@]1(NS(=O)(=O)C(F)(F)F)c1ccccc1. The Bertz CT molecular complexity index is 888. The van der Waals surface area contributed by atoms with Gasteiger partial charge in [-0.05, 0) is 12.0 Å². The summed E-state index contributed by atoms with van der Waals surface area (Å²) in [7, 11) is -5.65. The van der Waals surface area contributed by atoms with Crippen molar-refractivity contribution >= 4 is 10.0 Å². The first-order valence-corrected chi connectivity index (χ1v) is 10.1. The van der Waals surface area contributed by atoms with E-state index in [-0.39, 0.29) is 12.8 Å². The van der Waals surface area contributed by atoms with Gasteiger partial charge in [0, 0.05) is 5.54 Å². The van der Waals surface area contributed by atoms with Gasteiger partial charge < -0.3 is 5.73 Å². The molecular weight excluding hydrogens is 377 g/mol. The summed E-state index contributed by atoms with van der Waals surface area (Å²) in [6.07, 6.45) is 1.49. The highest BCUT2D eigenvalue weighted by atomic mass is 32.2. The van der Waals surface area contributed by atoms with Gasteiger partial charge in [0.15, 0.2) is 0 Å². The largest absolute Gasteiger partial charge is 0.666 e. The van der Waals surface area contributed by atoms with E-state index in [1.165, 1.54) is 0 Å². The van der Waals surface area contributed by atoms with Gasteiger partial charge in [-0.2, -0.15) is 17.9 Å². The summed E-state index contributed by atoms with van der Waals surface area (Å²) in [5.41, 5.74) is 1.29. The molecule has 0 radical (unpaired) electrons. The standard InChI is InChI=1S/C19H20F3N2O2S/c20-19(21,22)27(25,26)24-18(16-11-5-2-6-12-16)14-8-7-13-17(18,23)15-9-3-1-4-10-15/h1-6,9-12,23-24H,7-8,13-14H2/q-1/t17-,18+/m1/s1. The Morgan fingerprint density at radius 2 is 1.33 bits per heavy atom. The van der Waals surface area contributed by atoms with Gasteiger partial charge in [-0.3, -0.25) is 0 Å².